The van der Waals surface area contributed by atoms with E-state index in [-0.39, 0.29) is 22.5 Å². The quantitative estimate of drug-likeness (QED) is 0.592. The third-order valence-electron chi connectivity index (χ3n) is 2.97. The predicted molar refractivity (Wildman–Crippen MR) is 69.6 cm³/mol. The highest BCUT2D eigenvalue weighted by atomic mass is 35.5. The molecule has 0 fully saturated rings. The lowest BCUT2D eigenvalue weighted by Gasteiger charge is -2.02. The summed E-state index contributed by atoms with van der Waals surface area (Å²) < 4.78 is 14.2. The van der Waals surface area contributed by atoms with E-state index in [2.05, 4.69) is 0 Å². The van der Waals surface area contributed by atoms with Crippen molar-refractivity contribution in [2.75, 3.05) is 0 Å². The van der Waals surface area contributed by atoms with Gasteiger partial charge in [0.25, 0.3) is 11.5 Å². The summed E-state index contributed by atoms with van der Waals surface area (Å²) in [7, 11) is 0. The standard InChI is InChI=1S/C14H7ClFNO2/c15-8-5-6-10-12(7-8)17(19)13(14(10)18)9-3-1-2-4-11(9)16/h1-7H. The summed E-state index contributed by atoms with van der Waals surface area (Å²) in [5.41, 5.74) is 0.165. The van der Waals surface area contributed by atoms with Crippen LogP contribution in [0.5, 0.6) is 0 Å². The molecule has 3 rings (SSSR count). The van der Waals surface area contributed by atoms with Gasteiger partial charge in [0.2, 0.25) is 5.69 Å². The second kappa shape index (κ2) is 4.17. The van der Waals surface area contributed by atoms with Crippen molar-refractivity contribution >= 4 is 28.8 Å². The van der Waals surface area contributed by atoms with Crippen LogP contribution in [0.3, 0.4) is 0 Å². The number of halogens is 2. The number of rotatable bonds is 1. The molecule has 0 saturated carbocycles. The van der Waals surface area contributed by atoms with Crippen LogP contribution < -0.4 is 0 Å². The number of hydrogen-bond acceptors (Lipinski definition) is 2. The van der Waals surface area contributed by atoms with E-state index in [0.717, 1.165) is 0 Å². The van der Waals surface area contributed by atoms with Gasteiger partial charge in [-0.3, -0.25) is 4.79 Å². The first kappa shape index (κ1) is 11.9. The van der Waals surface area contributed by atoms with Crippen LogP contribution in [0.25, 0.3) is 0 Å². The van der Waals surface area contributed by atoms with Gasteiger partial charge in [0.05, 0.1) is 5.56 Å². The highest BCUT2D eigenvalue weighted by molar-refractivity contribution is 6.52. The van der Waals surface area contributed by atoms with Gasteiger partial charge in [-0.25, -0.2) is 4.39 Å². The summed E-state index contributed by atoms with van der Waals surface area (Å²) in [6.45, 7) is 0. The van der Waals surface area contributed by atoms with Crippen LogP contribution in [-0.4, -0.2) is 16.2 Å². The Bertz CT molecular complexity index is 740. The molecule has 0 aliphatic carbocycles. The van der Waals surface area contributed by atoms with E-state index in [1.165, 1.54) is 36.4 Å². The van der Waals surface area contributed by atoms with Crippen LogP contribution in [0, 0.1) is 11.0 Å². The maximum Gasteiger partial charge on any atom is 0.275 e. The zero-order valence-corrected chi connectivity index (χ0v) is 10.3. The van der Waals surface area contributed by atoms with Crippen LogP contribution >= 0.6 is 11.6 Å². The van der Waals surface area contributed by atoms with Crippen LogP contribution in [0.15, 0.2) is 42.5 Å². The number of fused-ring (bicyclic) bond motifs is 1. The van der Waals surface area contributed by atoms with E-state index in [0.29, 0.717) is 9.76 Å². The third kappa shape index (κ3) is 1.72. The monoisotopic (exact) mass is 275 g/mol. The lowest BCUT2D eigenvalue weighted by atomic mass is 10.0. The van der Waals surface area contributed by atoms with Gasteiger partial charge in [-0.1, -0.05) is 23.7 Å². The van der Waals surface area contributed by atoms with E-state index in [1.807, 2.05) is 0 Å². The summed E-state index contributed by atoms with van der Waals surface area (Å²) in [6.07, 6.45) is 0. The SMILES string of the molecule is O=C1C(c2ccccc2F)=[N+]([O-])c2cc(Cl)ccc21. The van der Waals surface area contributed by atoms with Crippen molar-refractivity contribution in [3.05, 3.63) is 69.6 Å². The van der Waals surface area contributed by atoms with Crippen molar-refractivity contribution in [1.82, 2.24) is 0 Å². The normalized spacial score (nSPS) is 13.9. The summed E-state index contributed by atoms with van der Waals surface area (Å²) >= 11 is 5.80. The van der Waals surface area contributed by atoms with Gasteiger partial charge < -0.3 is 5.21 Å². The molecule has 2 aromatic rings. The van der Waals surface area contributed by atoms with Gasteiger partial charge in [-0.05, 0) is 24.3 Å². The van der Waals surface area contributed by atoms with Gasteiger partial charge in [0, 0.05) is 11.1 Å². The molecule has 0 bridgehead atoms. The van der Waals surface area contributed by atoms with Gasteiger partial charge in [0.1, 0.15) is 11.4 Å². The lowest BCUT2D eigenvalue weighted by Crippen LogP contribution is -2.18. The molecule has 2 aromatic carbocycles. The minimum Gasteiger partial charge on any atom is -0.618 e. The molecule has 3 nitrogen and oxygen atoms in total. The van der Waals surface area contributed by atoms with E-state index in [9.17, 15) is 14.4 Å². The second-order valence-electron chi connectivity index (χ2n) is 4.11. The molecule has 0 atom stereocenters. The van der Waals surface area contributed by atoms with Crippen molar-refractivity contribution in [2.45, 2.75) is 0 Å². The fourth-order valence-electron chi connectivity index (χ4n) is 2.09. The van der Waals surface area contributed by atoms with Crippen molar-refractivity contribution in [1.29, 1.82) is 0 Å². The van der Waals surface area contributed by atoms with E-state index in [1.54, 1.807) is 6.07 Å². The molecule has 1 aliphatic rings. The first-order valence-corrected chi connectivity index (χ1v) is 5.91. The van der Waals surface area contributed by atoms with Crippen molar-refractivity contribution in [3.8, 4) is 0 Å². The molecular formula is C14H7ClFNO2. The maximum atomic E-state index is 13.7. The lowest BCUT2D eigenvalue weighted by molar-refractivity contribution is -0.355. The van der Waals surface area contributed by atoms with Crippen LogP contribution in [-0.2, 0) is 0 Å². The summed E-state index contributed by atoms with van der Waals surface area (Å²) in [5.74, 6) is -1.10. The van der Waals surface area contributed by atoms with E-state index in [4.69, 9.17) is 11.6 Å². The first-order valence-electron chi connectivity index (χ1n) is 5.53. The average molecular weight is 276 g/mol. The topological polar surface area (TPSA) is 43.1 Å². The fourth-order valence-corrected chi connectivity index (χ4v) is 2.26. The number of benzene rings is 2. The summed E-state index contributed by atoms with van der Waals surface area (Å²) in [4.78, 5) is 12.2. The van der Waals surface area contributed by atoms with Crippen molar-refractivity contribution in [3.63, 3.8) is 0 Å². The number of hydrogen-bond donors (Lipinski definition) is 0. The number of carbonyl (C=O) groups excluding carboxylic acids is 1. The van der Waals surface area contributed by atoms with Crippen LogP contribution in [0.1, 0.15) is 15.9 Å². The van der Waals surface area contributed by atoms with E-state index < -0.39 is 11.6 Å². The van der Waals surface area contributed by atoms with Crippen molar-refractivity contribution in [2.24, 2.45) is 0 Å². The second-order valence-corrected chi connectivity index (χ2v) is 4.55. The number of Topliss-reactive ketones (excluding diaryl/α,β-unsaturated/α-hetero) is 1. The van der Waals surface area contributed by atoms with Gasteiger partial charge in [-0.15, -0.1) is 0 Å². The molecule has 5 heteroatoms. The molecule has 0 aromatic heterocycles. The molecule has 1 aliphatic heterocycles. The first-order chi connectivity index (χ1) is 9.09. The van der Waals surface area contributed by atoms with Crippen molar-refractivity contribution < 1.29 is 13.9 Å². The van der Waals surface area contributed by atoms with E-state index >= 15 is 0 Å². The largest absolute Gasteiger partial charge is 0.618 e. The molecule has 19 heavy (non-hydrogen) atoms. The minimum absolute atomic E-state index is 0.00479. The highest BCUT2D eigenvalue weighted by Gasteiger charge is 2.37. The highest BCUT2D eigenvalue weighted by Crippen LogP contribution is 2.31. The molecule has 1 heterocycles. The molecule has 0 amide bonds. The summed E-state index contributed by atoms with van der Waals surface area (Å²) in [6, 6.07) is 10.1. The number of ketones is 1. The Morgan fingerprint density at radius 1 is 1.11 bits per heavy atom. The Morgan fingerprint density at radius 3 is 2.58 bits per heavy atom. The Kier molecular flexibility index (Phi) is 2.61. The molecular weight excluding hydrogens is 269 g/mol. The van der Waals surface area contributed by atoms with Gasteiger partial charge in [0.15, 0.2) is 0 Å². The fraction of sp³-hybridized carbons (Fsp3) is 0. The third-order valence-corrected chi connectivity index (χ3v) is 3.21. The Morgan fingerprint density at radius 2 is 1.84 bits per heavy atom. The maximum absolute atomic E-state index is 13.7. The summed E-state index contributed by atoms with van der Waals surface area (Å²) in [5, 5.41) is 12.5. The molecule has 0 spiro atoms. The zero-order valence-electron chi connectivity index (χ0n) is 9.56. The molecule has 0 saturated heterocycles. The van der Waals surface area contributed by atoms with Crippen LogP contribution in [0.2, 0.25) is 5.02 Å². The molecule has 94 valence electrons. The Hall–Kier alpha value is -2.20. The number of nitrogens with zero attached hydrogens (tertiary/aromatic N) is 1. The smallest absolute Gasteiger partial charge is 0.275 e. The zero-order chi connectivity index (χ0) is 13.6. The molecule has 0 N–H and O–H groups in total. The minimum atomic E-state index is -0.606. The molecule has 0 unspecified atom stereocenters. The Labute approximate surface area is 113 Å². The predicted octanol–water partition coefficient (Wildman–Crippen LogP) is 3.31. The van der Waals surface area contributed by atoms with Crippen LogP contribution in [0.4, 0.5) is 10.1 Å². The average Bonchev–Trinajstić information content (AvgIpc) is 2.63. The molecule has 0 radical (unpaired) electrons. The number of carbonyl (C=O) groups is 1. The van der Waals surface area contributed by atoms with Gasteiger partial charge >= 0.3 is 0 Å². The van der Waals surface area contributed by atoms with Gasteiger partial charge in [-0.2, -0.15) is 4.74 Å². The Balaban J connectivity index is 2.25.